The summed E-state index contributed by atoms with van der Waals surface area (Å²) in [6, 6.07) is 0. The van der Waals surface area contributed by atoms with Gasteiger partial charge in [0.25, 0.3) is 0 Å². The van der Waals surface area contributed by atoms with E-state index in [9.17, 15) is 0 Å². The highest BCUT2D eigenvalue weighted by atomic mass is 16.7. The van der Waals surface area contributed by atoms with Crippen LogP contribution in [0.2, 0.25) is 0 Å². The topological polar surface area (TPSA) is 12.5 Å². The molecule has 0 aliphatic carbocycles. The molecule has 13 heavy (non-hydrogen) atoms. The molecule has 1 heterocycles. The van der Waals surface area contributed by atoms with E-state index in [0.717, 1.165) is 6.61 Å². The lowest BCUT2D eigenvalue weighted by molar-refractivity contribution is -0.147. The van der Waals surface area contributed by atoms with Crippen molar-refractivity contribution in [1.82, 2.24) is 5.06 Å². The number of hydrogen-bond donors (Lipinski definition) is 0. The van der Waals surface area contributed by atoms with E-state index in [1.165, 1.54) is 5.57 Å². The van der Waals surface area contributed by atoms with E-state index in [1.807, 2.05) is 5.06 Å². The first-order valence-electron chi connectivity index (χ1n) is 4.85. The standard InChI is InChI=1S/C11H21NO/c1-10(2,3)9-7-12(13-8-9)11(4,5)6/h7H,8H2,1-6H3. The highest BCUT2D eigenvalue weighted by Gasteiger charge is 2.29. The van der Waals surface area contributed by atoms with E-state index in [-0.39, 0.29) is 11.0 Å². The summed E-state index contributed by atoms with van der Waals surface area (Å²) >= 11 is 0. The van der Waals surface area contributed by atoms with E-state index in [0.29, 0.717) is 0 Å². The molecule has 1 aliphatic rings. The fourth-order valence-corrected chi connectivity index (χ4v) is 1.15. The molecule has 0 aromatic rings. The third-order valence-corrected chi connectivity index (χ3v) is 2.26. The van der Waals surface area contributed by atoms with Crippen molar-refractivity contribution in [3.05, 3.63) is 11.8 Å². The van der Waals surface area contributed by atoms with Crippen molar-refractivity contribution >= 4 is 0 Å². The monoisotopic (exact) mass is 183 g/mol. The fourth-order valence-electron chi connectivity index (χ4n) is 1.15. The Morgan fingerprint density at radius 2 is 1.69 bits per heavy atom. The van der Waals surface area contributed by atoms with Gasteiger partial charge in [0, 0.05) is 6.20 Å². The lowest BCUT2D eigenvalue weighted by Gasteiger charge is -2.29. The van der Waals surface area contributed by atoms with Gasteiger partial charge in [-0.25, -0.2) is 0 Å². The zero-order chi connectivity index (χ0) is 10.3. The summed E-state index contributed by atoms with van der Waals surface area (Å²) in [7, 11) is 0. The summed E-state index contributed by atoms with van der Waals surface area (Å²) in [6.07, 6.45) is 2.14. The molecule has 0 aromatic heterocycles. The maximum atomic E-state index is 5.60. The Kier molecular flexibility index (Phi) is 2.46. The number of hydrogen-bond acceptors (Lipinski definition) is 2. The van der Waals surface area contributed by atoms with Gasteiger partial charge in [0.15, 0.2) is 0 Å². The Balaban J connectivity index is 2.76. The smallest absolute Gasteiger partial charge is 0.0982 e. The molecule has 0 saturated carbocycles. The van der Waals surface area contributed by atoms with E-state index >= 15 is 0 Å². The van der Waals surface area contributed by atoms with Gasteiger partial charge in [0.2, 0.25) is 0 Å². The van der Waals surface area contributed by atoms with Crippen molar-refractivity contribution in [2.45, 2.75) is 47.1 Å². The second-order valence-corrected chi connectivity index (χ2v) is 5.67. The normalized spacial score (nSPS) is 19.2. The van der Waals surface area contributed by atoms with Crippen molar-refractivity contribution in [2.24, 2.45) is 5.41 Å². The molecule has 76 valence electrons. The molecule has 0 bridgehead atoms. The molecule has 1 aliphatic heterocycles. The van der Waals surface area contributed by atoms with Gasteiger partial charge >= 0.3 is 0 Å². The highest BCUT2D eigenvalue weighted by Crippen LogP contribution is 2.32. The lowest BCUT2D eigenvalue weighted by Crippen LogP contribution is -2.34. The maximum Gasteiger partial charge on any atom is 0.0982 e. The zero-order valence-electron chi connectivity index (χ0n) is 9.64. The number of rotatable bonds is 0. The van der Waals surface area contributed by atoms with Crippen molar-refractivity contribution < 1.29 is 4.84 Å². The van der Waals surface area contributed by atoms with Crippen LogP contribution in [0.5, 0.6) is 0 Å². The molecule has 0 aromatic carbocycles. The van der Waals surface area contributed by atoms with E-state index in [1.54, 1.807) is 0 Å². The van der Waals surface area contributed by atoms with Gasteiger partial charge < -0.3 is 0 Å². The van der Waals surface area contributed by atoms with Crippen LogP contribution in [0.1, 0.15) is 41.5 Å². The van der Waals surface area contributed by atoms with Crippen LogP contribution in [0.4, 0.5) is 0 Å². The van der Waals surface area contributed by atoms with Crippen molar-refractivity contribution in [1.29, 1.82) is 0 Å². The van der Waals surface area contributed by atoms with Gasteiger partial charge in [-0.2, -0.15) is 0 Å². The zero-order valence-corrected chi connectivity index (χ0v) is 9.64. The fraction of sp³-hybridized carbons (Fsp3) is 0.818. The van der Waals surface area contributed by atoms with Gasteiger partial charge in [0.05, 0.1) is 12.1 Å². The Morgan fingerprint density at radius 1 is 1.15 bits per heavy atom. The molecule has 0 saturated heterocycles. The van der Waals surface area contributed by atoms with Gasteiger partial charge in [-0.05, 0) is 31.8 Å². The first-order chi connectivity index (χ1) is 5.71. The predicted molar refractivity (Wildman–Crippen MR) is 55.1 cm³/mol. The molecule has 0 radical (unpaired) electrons. The lowest BCUT2D eigenvalue weighted by atomic mass is 9.88. The number of hydroxylamine groups is 2. The summed E-state index contributed by atoms with van der Waals surface area (Å²) in [5, 5.41) is 1.95. The van der Waals surface area contributed by atoms with Crippen LogP contribution in [0.3, 0.4) is 0 Å². The highest BCUT2D eigenvalue weighted by molar-refractivity contribution is 5.13. The molecule has 0 spiro atoms. The molecule has 0 fully saturated rings. The number of nitrogens with zero attached hydrogens (tertiary/aromatic N) is 1. The Labute approximate surface area is 81.5 Å². The predicted octanol–water partition coefficient (Wildman–Crippen LogP) is 2.96. The molecule has 2 heteroatoms. The van der Waals surface area contributed by atoms with Crippen LogP contribution in [-0.2, 0) is 4.84 Å². The first-order valence-corrected chi connectivity index (χ1v) is 4.85. The summed E-state index contributed by atoms with van der Waals surface area (Å²) < 4.78 is 0. The largest absolute Gasteiger partial charge is 0.269 e. The average Bonchev–Trinajstić information content (AvgIpc) is 2.28. The first kappa shape index (κ1) is 10.6. The van der Waals surface area contributed by atoms with Crippen LogP contribution in [0.15, 0.2) is 11.8 Å². The quantitative estimate of drug-likeness (QED) is 0.572. The van der Waals surface area contributed by atoms with Gasteiger partial charge in [-0.15, -0.1) is 0 Å². The van der Waals surface area contributed by atoms with Crippen LogP contribution < -0.4 is 0 Å². The summed E-state index contributed by atoms with van der Waals surface area (Å²) in [5.74, 6) is 0. The minimum absolute atomic E-state index is 0.0625. The molecule has 0 atom stereocenters. The summed E-state index contributed by atoms with van der Waals surface area (Å²) in [5.41, 5.74) is 1.65. The Hall–Kier alpha value is -0.500. The van der Waals surface area contributed by atoms with Gasteiger partial charge in [0.1, 0.15) is 0 Å². The second kappa shape index (κ2) is 3.02. The molecule has 0 N–H and O–H groups in total. The third-order valence-electron chi connectivity index (χ3n) is 2.26. The maximum absolute atomic E-state index is 5.60. The SMILES string of the molecule is CC(C)(C)C1=CN(C(C)(C)C)OC1. The third kappa shape index (κ3) is 2.47. The van der Waals surface area contributed by atoms with Crippen LogP contribution in [0.25, 0.3) is 0 Å². The minimum Gasteiger partial charge on any atom is -0.269 e. The van der Waals surface area contributed by atoms with Crippen molar-refractivity contribution in [3.63, 3.8) is 0 Å². The van der Waals surface area contributed by atoms with E-state index < -0.39 is 0 Å². The Morgan fingerprint density at radius 3 is 1.92 bits per heavy atom. The minimum atomic E-state index is 0.0625. The van der Waals surface area contributed by atoms with Crippen LogP contribution in [-0.4, -0.2) is 17.2 Å². The molecule has 0 amide bonds. The second-order valence-electron chi connectivity index (χ2n) is 5.67. The van der Waals surface area contributed by atoms with Gasteiger partial charge in [-0.3, -0.25) is 9.90 Å². The molecule has 2 nitrogen and oxygen atoms in total. The Bertz CT molecular complexity index is 217. The summed E-state index contributed by atoms with van der Waals surface area (Å²) in [4.78, 5) is 5.60. The van der Waals surface area contributed by atoms with Crippen LogP contribution in [0, 0.1) is 5.41 Å². The molecular formula is C11H21NO. The van der Waals surface area contributed by atoms with Crippen molar-refractivity contribution in [2.75, 3.05) is 6.61 Å². The average molecular weight is 183 g/mol. The molecule has 0 unspecified atom stereocenters. The summed E-state index contributed by atoms with van der Waals surface area (Å²) in [6.45, 7) is 13.8. The van der Waals surface area contributed by atoms with Crippen LogP contribution >= 0.6 is 0 Å². The van der Waals surface area contributed by atoms with E-state index in [2.05, 4.69) is 47.7 Å². The molecule has 1 rings (SSSR count). The van der Waals surface area contributed by atoms with E-state index in [4.69, 9.17) is 4.84 Å². The molecular weight excluding hydrogens is 162 g/mol. The van der Waals surface area contributed by atoms with Crippen molar-refractivity contribution in [3.8, 4) is 0 Å². The van der Waals surface area contributed by atoms with Gasteiger partial charge in [-0.1, -0.05) is 20.8 Å².